The van der Waals surface area contributed by atoms with E-state index in [1.807, 2.05) is 6.20 Å². The Morgan fingerprint density at radius 1 is 1.58 bits per heavy atom. The average Bonchev–Trinajstić information content (AvgIpc) is 3.10. The maximum Gasteiger partial charge on any atom is 0.191 e. The van der Waals surface area contributed by atoms with Gasteiger partial charge in [0, 0.05) is 31.3 Å². The highest BCUT2D eigenvalue weighted by atomic mass is 32.1. The molecule has 1 atom stereocenters. The molecule has 1 saturated heterocycles. The quantitative estimate of drug-likeness (QED) is 0.635. The van der Waals surface area contributed by atoms with Gasteiger partial charge in [-0.25, -0.2) is 4.98 Å². The maximum atomic E-state index is 5.57. The number of aliphatic imine (C=N–C) groups is 1. The van der Waals surface area contributed by atoms with Crippen molar-refractivity contribution in [3.05, 3.63) is 16.1 Å². The monoisotopic (exact) mass is 282 g/mol. The van der Waals surface area contributed by atoms with E-state index in [1.54, 1.807) is 18.4 Å². The summed E-state index contributed by atoms with van der Waals surface area (Å²) in [5.41, 5.74) is 0. The van der Waals surface area contributed by atoms with Crippen molar-refractivity contribution in [2.45, 2.75) is 38.8 Å². The first-order valence-electron chi connectivity index (χ1n) is 6.81. The Hall–Kier alpha value is -1.14. The van der Waals surface area contributed by atoms with E-state index in [9.17, 15) is 0 Å². The first-order valence-corrected chi connectivity index (χ1v) is 7.63. The summed E-state index contributed by atoms with van der Waals surface area (Å²) < 4.78 is 5.57. The predicted octanol–water partition coefficient (Wildman–Crippen LogP) is 1.55. The molecule has 0 amide bonds. The third-order valence-corrected chi connectivity index (χ3v) is 4.24. The number of aromatic nitrogens is 1. The minimum absolute atomic E-state index is 0.324. The minimum atomic E-state index is 0.324. The van der Waals surface area contributed by atoms with Crippen molar-refractivity contribution >= 4 is 17.3 Å². The molecule has 1 aliphatic rings. The van der Waals surface area contributed by atoms with Crippen LogP contribution in [0.5, 0.6) is 0 Å². The molecule has 0 saturated carbocycles. The predicted molar refractivity (Wildman–Crippen MR) is 78.7 cm³/mol. The number of hydrogen-bond acceptors (Lipinski definition) is 4. The van der Waals surface area contributed by atoms with Crippen LogP contribution in [0.3, 0.4) is 0 Å². The van der Waals surface area contributed by atoms with Crippen LogP contribution in [0.25, 0.3) is 0 Å². The minimum Gasteiger partial charge on any atom is -0.376 e. The molecule has 1 aliphatic heterocycles. The lowest BCUT2D eigenvalue weighted by atomic mass is 10.2. The Kier molecular flexibility index (Phi) is 5.60. The molecule has 0 bridgehead atoms. The largest absolute Gasteiger partial charge is 0.376 e. The molecule has 1 aromatic heterocycles. The molecule has 106 valence electrons. The van der Waals surface area contributed by atoms with Gasteiger partial charge in [-0.3, -0.25) is 4.99 Å². The van der Waals surface area contributed by atoms with Gasteiger partial charge in [-0.05, 0) is 19.3 Å². The second kappa shape index (κ2) is 7.45. The summed E-state index contributed by atoms with van der Waals surface area (Å²) >= 11 is 1.75. The molecule has 5 nitrogen and oxygen atoms in total. The van der Waals surface area contributed by atoms with Crippen LogP contribution in [0, 0.1) is 0 Å². The zero-order valence-electron chi connectivity index (χ0n) is 11.6. The van der Waals surface area contributed by atoms with Gasteiger partial charge in [0.15, 0.2) is 5.96 Å². The summed E-state index contributed by atoms with van der Waals surface area (Å²) in [6.07, 6.45) is 5.62. The van der Waals surface area contributed by atoms with E-state index in [0.717, 1.165) is 49.9 Å². The topological polar surface area (TPSA) is 58.5 Å². The second-order valence-electron chi connectivity index (χ2n) is 4.52. The fraction of sp³-hybridized carbons (Fsp3) is 0.692. The Labute approximate surface area is 118 Å². The molecule has 2 rings (SSSR count). The molecule has 1 unspecified atom stereocenters. The molecule has 0 aromatic carbocycles. The smallest absolute Gasteiger partial charge is 0.191 e. The highest BCUT2D eigenvalue weighted by Gasteiger charge is 2.15. The Balaban J connectivity index is 1.72. The molecule has 1 aromatic rings. The first kappa shape index (κ1) is 14.3. The lowest BCUT2D eigenvalue weighted by molar-refractivity contribution is 0.114. The molecule has 2 heterocycles. The number of rotatable bonds is 5. The average molecular weight is 282 g/mol. The van der Waals surface area contributed by atoms with Gasteiger partial charge in [0.1, 0.15) is 5.01 Å². The van der Waals surface area contributed by atoms with Gasteiger partial charge in [0.05, 0.1) is 12.6 Å². The van der Waals surface area contributed by atoms with Crippen molar-refractivity contribution in [2.75, 3.05) is 20.2 Å². The summed E-state index contributed by atoms with van der Waals surface area (Å²) in [6.45, 7) is 4.57. The van der Waals surface area contributed by atoms with Crippen LogP contribution < -0.4 is 10.6 Å². The third-order valence-electron chi connectivity index (χ3n) is 3.10. The summed E-state index contributed by atoms with van der Waals surface area (Å²) in [6, 6.07) is 0. The lowest BCUT2D eigenvalue weighted by Crippen LogP contribution is -2.40. The van der Waals surface area contributed by atoms with Crippen molar-refractivity contribution in [2.24, 2.45) is 4.99 Å². The molecule has 0 spiro atoms. The van der Waals surface area contributed by atoms with Gasteiger partial charge in [-0.1, -0.05) is 6.92 Å². The highest BCUT2D eigenvalue weighted by Crippen LogP contribution is 2.13. The normalized spacial score (nSPS) is 19.7. The first-order chi connectivity index (χ1) is 9.31. The summed E-state index contributed by atoms with van der Waals surface area (Å²) in [5.74, 6) is 0.809. The van der Waals surface area contributed by atoms with Crippen molar-refractivity contribution in [1.29, 1.82) is 0 Å². The molecule has 19 heavy (non-hydrogen) atoms. The summed E-state index contributed by atoms with van der Waals surface area (Å²) in [4.78, 5) is 9.90. The maximum absolute atomic E-state index is 5.57. The van der Waals surface area contributed by atoms with E-state index < -0.39 is 0 Å². The van der Waals surface area contributed by atoms with Crippen LogP contribution in [0.15, 0.2) is 11.2 Å². The third kappa shape index (κ3) is 4.47. The molecule has 1 fully saturated rings. The van der Waals surface area contributed by atoms with Gasteiger partial charge in [-0.15, -0.1) is 11.3 Å². The number of nitrogens with one attached hydrogen (secondary N) is 2. The number of aryl methyl sites for hydroxylation is 1. The number of nitrogens with zero attached hydrogens (tertiary/aromatic N) is 2. The fourth-order valence-electron chi connectivity index (χ4n) is 1.99. The summed E-state index contributed by atoms with van der Waals surface area (Å²) in [5, 5.41) is 7.67. The van der Waals surface area contributed by atoms with E-state index in [-0.39, 0.29) is 0 Å². The van der Waals surface area contributed by atoms with Crippen LogP contribution in [-0.4, -0.2) is 37.2 Å². The number of ether oxygens (including phenoxy) is 1. The van der Waals surface area contributed by atoms with E-state index in [1.165, 1.54) is 4.88 Å². The van der Waals surface area contributed by atoms with Gasteiger partial charge in [0.25, 0.3) is 0 Å². The Bertz CT molecular complexity index is 413. The van der Waals surface area contributed by atoms with E-state index in [0.29, 0.717) is 6.10 Å². The summed E-state index contributed by atoms with van der Waals surface area (Å²) in [7, 11) is 1.78. The molecule has 0 radical (unpaired) electrons. The van der Waals surface area contributed by atoms with Crippen molar-refractivity contribution in [3.8, 4) is 0 Å². The van der Waals surface area contributed by atoms with Gasteiger partial charge in [-0.2, -0.15) is 0 Å². The van der Waals surface area contributed by atoms with Crippen molar-refractivity contribution in [1.82, 2.24) is 15.6 Å². The Morgan fingerprint density at radius 2 is 2.47 bits per heavy atom. The van der Waals surface area contributed by atoms with Crippen LogP contribution >= 0.6 is 11.3 Å². The molecule has 6 heteroatoms. The van der Waals surface area contributed by atoms with Gasteiger partial charge in [0.2, 0.25) is 0 Å². The molecule has 2 N–H and O–H groups in total. The molecule has 0 aliphatic carbocycles. The zero-order chi connectivity index (χ0) is 13.5. The standard InChI is InChI=1S/C13H22N4OS/c1-3-11-8-15-12(19-11)9-17-13(14-2)16-7-10-5-4-6-18-10/h8,10H,3-7,9H2,1-2H3,(H2,14,16,17). The van der Waals surface area contributed by atoms with Crippen LogP contribution in [-0.2, 0) is 17.7 Å². The number of hydrogen-bond donors (Lipinski definition) is 2. The lowest BCUT2D eigenvalue weighted by Gasteiger charge is -2.14. The molecular formula is C13H22N4OS. The van der Waals surface area contributed by atoms with Crippen LogP contribution in [0.4, 0.5) is 0 Å². The van der Waals surface area contributed by atoms with Crippen LogP contribution in [0.2, 0.25) is 0 Å². The second-order valence-corrected chi connectivity index (χ2v) is 5.72. The molecular weight excluding hydrogens is 260 g/mol. The Morgan fingerprint density at radius 3 is 3.11 bits per heavy atom. The van der Waals surface area contributed by atoms with Gasteiger partial charge >= 0.3 is 0 Å². The van der Waals surface area contributed by atoms with Crippen molar-refractivity contribution in [3.63, 3.8) is 0 Å². The SMILES string of the molecule is CCc1cnc(CNC(=NC)NCC2CCCO2)s1. The van der Waals surface area contributed by atoms with Crippen molar-refractivity contribution < 1.29 is 4.74 Å². The zero-order valence-corrected chi connectivity index (χ0v) is 12.4. The van der Waals surface area contributed by atoms with Crippen LogP contribution in [0.1, 0.15) is 29.7 Å². The number of thiazole rings is 1. The fourth-order valence-corrected chi connectivity index (χ4v) is 2.79. The number of guanidine groups is 1. The van der Waals surface area contributed by atoms with E-state index >= 15 is 0 Å². The van der Waals surface area contributed by atoms with Gasteiger partial charge < -0.3 is 15.4 Å². The van der Waals surface area contributed by atoms with E-state index in [2.05, 4.69) is 27.5 Å². The highest BCUT2D eigenvalue weighted by molar-refractivity contribution is 7.11. The van der Waals surface area contributed by atoms with E-state index in [4.69, 9.17) is 4.74 Å².